The summed E-state index contributed by atoms with van der Waals surface area (Å²) in [6.45, 7) is 2.09. The zero-order chi connectivity index (χ0) is 20.0. The van der Waals surface area contributed by atoms with Gasteiger partial charge >= 0.3 is 0 Å². The molecule has 150 valence electrons. The maximum absolute atomic E-state index is 12.9. The van der Waals surface area contributed by atoms with Crippen molar-refractivity contribution in [1.82, 2.24) is 5.32 Å². The lowest BCUT2D eigenvalue weighted by atomic mass is 9.92. The second-order valence-electron chi connectivity index (χ2n) is 7.51. The number of amides is 1. The van der Waals surface area contributed by atoms with Gasteiger partial charge in [-0.25, -0.2) is 0 Å². The number of hydrogen-bond donors (Lipinski definition) is 1. The van der Waals surface area contributed by atoms with Gasteiger partial charge in [0.15, 0.2) is 0 Å². The van der Waals surface area contributed by atoms with Gasteiger partial charge in [-0.2, -0.15) is 0 Å². The van der Waals surface area contributed by atoms with Gasteiger partial charge in [0.1, 0.15) is 6.29 Å². The highest BCUT2D eigenvalue weighted by Gasteiger charge is 2.21. The molecule has 0 bridgehead atoms. The molecule has 0 saturated carbocycles. The van der Waals surface area contributed by atoms with Crippen molar-refractivity contribution in [3.63, 3.8) is 0 Å². The predicted molar refractivity (Wildman–Crippen MR) is 115 cm³/mol. The lowest BCUT2D eigenvalue weighted by molar-refractivity contribution is -0.127. The Morgan fingerprint density at radius 3 is 2.14 bits per heavy atom. The van der Waals surface area contributed by atoms with Crippen molar-refractivity contribution in [1.29, 1.82) is 0 Å². The van der Waals surface area contributed by atoms with Crippen LogP contribution in [0.2, 0.25) is 0 Å². The summed E-state index contributed by atoms with van der Waals surface area (Å²) in [6, 6.07) is 20.2. The van der Waals surface area contributed by atoms with E-state index in [1.54, 1.807) is 0 Å². The Kier molecular flexibility index (Phi) is 10.1. The Balaban J connectivity index is 1.91. The Morgan fingerprint density at radius 1 is 0.893 bits per heavy atom. The molecule has 3 heteroatoms. The Morgan fingerprint density at radius 2 is 1.54 bits per heavy atom. The van der Waals surface area contributed by atoms with Crippen LogP contribution in [-0.4, -0.2) is 18.2 Å². The summed E-state index contributed by atoms with van der Waals surface area (Å²) in [5.41, 5.74) is 2.51. The third kappa shape index (κ3) is 8.08. The van der Waals surface area contributed by atoms with Crippen molar-refractivity contribution in [3.8, 4) is 0 Å². The normalized spacial score (nSPS) is 12.9. The molecular weight excluding hydrogens is 346 g/mol. The number of aryl methyl sites for hydroxylation is 1. The minimum atomic E-state index is -0.366. The fraction of sp³-hybridized carbons (Fsp3) is 0.440. The summed E-state index contributed by atoms with van der Waals surface area (Å²) >= 11 is 0. The monoisotopic (exact) mass is 379 g/mol. The van der Waals surface area contributed by atoms with Gasteiger partial charge in [0.2, 0.25) is 5.91 Å². The largest absolute Gasteiger partial charge is 0.346 e. The van der Waals surface area contributed by atoms with Gasteiger partial charge in [-0.15, -0.1) is 0 Å². The third-order valence-corrected chi connectivity index (χ3v) is 5.17. The molecule has 0 aliphatic heterocycles. The van der Waals surface area contributed by atoms with Crippen LogP contribution < -0.4 is 5.32 Å². The van der Waals surface area contributed by atoms with Crippen LogP contribution in [0.25, 0.3) is 0 Å². The summed E-state index contributed by atoms with van der Waals surface area (Å²) < 4.78 is 0. The lowest BCUT2D eigenvalue weighted by Crippen LogP contribution is -2.40. The Hall–Kier alpha value is -2.42. The number of carbonyl (C=O) groups excluding carboxylic acids is 2. The molecule has 1 N–H and O–H groups in total. The highest BCUT2D eigenvalue weighted by atomic mass is 16.2. The summed E-state index contributed by atoms with van der Waals surface area (Å²) in [7, 11) is 0. The van der Waals surface area contributed by atoms with Gasteiger partial charge in [-0.3, -0.25) is 4.79 Å². The van der Waals surface area contributed by atoms with Crippen LogP contribution in [0, 0.1) is 5.92 Å². The average Bonchev–Trinajstić information content (AvgIpc) is 2.74. The van der Waals surface area contributed by atoms with Crippen LogP contribution in [0.1, 0.15) is 56.6 Å². The quantitative estimate of drug-likeness (QED) is 0.387. The van der Waals surface area contributed by atoms with E-state index >= 15 is 0 Å². The lowest BCUT2D eigenvalue weighted by Gasteiger charge is -2.20. The molecule has 0 radical (unpaired) electrons. The van der Waals surface area contributed by atoms with Crippen LogP contribution in [0.5, 0.6) is 0 Å². The molecule has 0 aromatic heterocycles. The fourth-order valence-electron chi connectivity index (χ4n) is 3.49. The molecule has 0 aliphatic rings. The van der Waals surface area contributed by atoms with Gasteiger partial charge < -0.3 is 10.1 Å². The van der Waals surface area contributed by atoms with E-state index < -0.39 is 0 Å². The van der Waals surface area contributed by atoms with E-state index in [4.69, 9.17) is 0 Å². The van der Waals surface area contributed by atoms with Crippen LogP contribution in [0.4, 0.5) is 0 Å². The second-order valence-corrected chi connectivity index (χ2v) is 7.51. The van der Waals surface area contributed by atoms with Gasteiger partial charge in [0.25, 0.3) is 0 Å². The van der Waals surface area contributed by atoms with E-state index in [2.05, 4.69) is 48.6 Å². The third-order valence-electron chi connectivity index (χ3n) is 5.17. The predicted octanol–water partition coefficient (Wildman–Crippen LogP) is 5.13. The number of rotatable bonds is 13. The van der Waals surface area contributed by atoms with E-state index in [9.17, 15) is 9.59 Å². The van der Waals surface area contributed by atoms with Gasteiger partial charge in [-0.1, -0.05) is 86.8 Å². The van der Waals surface area contributed by atoms with Crippen molar-refractivity contribution in [2.24, 2.45) is 5.92 Å². The maximum atomic E-state index is 12.9. The van der Waals surface area contributed by atoms with E-state index in [0.717, 1.165) is 57.7 Å². The number of hydrogen-bond acceptors (Lipinski definition) is 2. The van der Waals surface area contributed by atoms with Crippen LogP contribution in [0.3, 0.4) is 0 Å². The molecule has 2 aromatic rings. The zero-order valence-corrected chi connectivity index (χ0v) is 17.0. The number of aldehydes is 1. The molecule has 1 unspecified atom stereocenters. The van der Waals surface area contributed by atoms with Crippen molar-refractivity contribution < 1.29 is 9.59 Å². The molecule has 28 heavy (non-hydrogen) atoms. The Labute approximate surface area is 169 Å². The molecule has 2 atom stereocenters. The number of unbranched alkanes of at least 4 members (excludes halogenated alkanes) is 2. The first kappa shape index (κ1) is 21.9. The first-order valence-electron chi connectivity index (χ1n) is 10.6. The first-order valence-corrected chi connectivity index (χ1v) is 10.6. The highest BCUT2D eigenvalue weighted by molar-refractivity contribution is 5.82. The standard InChI is InChI=1S/C25H33NO2/c1-2-3-18-24(20-27)26-25(28)23(19-22-15-8-5-9-16-22)17-11-10-14-21-12-6-4-7-13-21/h4-9,12-13,15-16,20,23-24H,2-3,10-11,14,17-19H2,1H3,(H,26,28)/t23?,24-/m0/s1. The minimum Gasteiger partial charge on any atom is -0.346 e. The number of carbonyl (C=O) groups is 2. The van der Waals surface area contributed by atoms with Crippen molar-refractivity contribution in [2.45, 2.75) is 64.3 Å². The van der Waals surface area contributed by atoms with E-state index in [0.29, 0.717) is 0 Å². The SMILES string of the molecule is CCCC[C@@H](C=O)NC(=O)C(CCCCc1ccccc1)Cc1ccccc1. The molecule has 3 nitrogen and oxygen atoms in total. The summed E-state index contributed by atoms with van der Waals surface area (Å²) in [6.07, 6.45) is 8.23. The molecule has 0 heterocycles. The van der Waals surface area contributed by atoms with Gasteiger partial charge in [0, 0.05) is 5.92 Å². The fourth-order valence-corrected chi connectivity index (χ4v) is 3.49. The number of nitrogens with one attached hydrogen (secondary N) is 1. The Bertz CT molecular complexity index is 684. The smallest absolute Gasteiger partial charge is 0.224 e. The molecule has 2 rings (SSSR count). The van der Waals surface area contributed by atoms with Gasteiger partial charge in [0.05, 0.1) is 6.04 Å². The van der Waals surface area contributed by atoms with E-state index in [1.165, 1.54) is 11.1 Å². The molecule has 0 spiro atoms. The summed E-state index contributed by atoms with van der Waals surface area (Å²) in [5.74, 6) is -0.0842. The van der Waals surface area contributed by atoms with E-state index in [1.807, 2.05) is 24.3 Å². The van der Waals surface area contributed by atoms with E-state index in [-0.39, 0.29) is 17.9 Å². The van der Waals surface area contributed by atoms with Gasteiger partial charge in [-0.05, 0) is 43.2 Å². The summed E-state index contributed by atoms with van der Waals surface area (Å²) in [5, 5.41) is 2.97. The van der Waals surface area contributed by atoms with Crippen molar-refractivity contribution in [3.05, 3.63) is 71.8 Å². The van der Waals surface area contributed by atoms with Crippen molar-refractivity contribution >= 4 is 12.2 Å². The maximum Gasteiger partial charge on any atom is 0.224 e. The molecule has 2 aromatic carbocycles. The first-order chi connectivity index (χ1) is 13.7. The highest BCUT2D eigenvalue weighted by Crippen LogP contribution is 2.18. The molecular formula is C25H33NO2. The second kappa shape index (κ2) is 12.9. The van der Waals surface area contributed by atoms with Crippen LogP contribution in [0.15, 0.2) is 60.7 Å². The van der Waals surface area contributed by atoms with Crippen molar-refractivity contribution in [2.75, 3.05) is 0 Å². The average molecular weight is 380 g/mol. The molecule has 0 saturated heterocycles. The van der Waals surface area contributed by atoms with Crippen LogP contribution in [-0.2, 0) is 22.4 Å². The minimum absolute atomic E-state index is 0.0109. The summed E-state index contributed by atoms with van der Waals surface area (Å²) in [4.78, 5) is 24.2. The van der Waals surface area contributed by atoms with Crippen LogP contribution >= 0.6 is 0 Å². The molecule has 0 aliphatic carbocycles. The number of benzene rings is 2. The zero-order valence-electron chi connectivity index (χ0n) is 17.0. The molecule has 1 amide bonds. The molecule has 0 fully saturated rings. The topological polar surface area (TPSA) is 46.2 Å².